The minimum atomic E-state index is -0.281. The van der Waals surface area contributed by atoms with Crippen LogP contribution in [-0.4, -0.2) is 15.9 Å². The number of aryl methyl sites for hydroxylation is 2. The van der Waals surface area contributed by atoms with Crippen molar-refractivity contribution >= 4 is 39.0 Å². The van der Waals surface area contributed by atoms with E-state index in [9.17, 15) is 4.79 Å². The third-order valence-corrected chi connectivity index (χ3v) is 4.17. The molecule has 0 aliphatic carbocycles. The summed E-state index contributed by atoms with van der Waals surface area (Å²) in [7, 11) is 0. The predicted octanol–water partition coefficient (Wildman–Crippen LogP) is 4.85. The zero-order valence-corrected chi connectivity index (χ0v) is 15.5. The van der Waals surface area contributed by atoms with Crippen molar-refractivity contribution < 1.29 is 4.79 Å². The number of halogens is 1. The summed E-state index contributed by atoms with van der Waals surface area (Å²) >= 11 is 3.39. The predicted molar refractivity (Wildman–Crippen MR) is 103 cm³/mol. The Labute approximate surface area is 154 Å². The second-order valence-corrected chi connectivity index (χ2v) is 6.61. The quantitative estimate of drug-likeness (QED) is 0.661. The molecule has 3 aromatic rings. The average Bonchev–Trinajstić information content (AvgIpc) is 2.61. The van der Waals surface area contributed by atoms with Crippen molar-refractivity contribution in [3.63, 3.8) is 0 Å². The van der Waals surface area contributed by atoms with Crippen LogP contribution in [0.25, 0.3) is 0 Å². The van der Waals surface area contributed by atoms with Crippen LogP contribution in [0.2, 0.25) is 0 Å². The Bertz CT molecular complexity index is 892. The van der Waals surface area contributed by atoms with E-state index in [-0.39, 0.29) is 11.6 Å². The lowest BCUT2D eigenvalue weighted by molar-refractivity contribution is 0.102. The maximum Gasteiger partial charge on any atom is 0.275 e. The molecule has 1 heterocycles. The van der Waals surface area contributed by atoms with Gasteiger partial charge in [0.1, 0.15) is 11.5 Å². The van der Waals surface area contributed by atoms with Crippen molar-refractivity contribution in [2.45, 2.75) is 13.8 Å². The third kappa shape index (κ3) is 4.42. The first-order valence-corrected chi connectivity index (χ1v) is 8.54. The fourth-order valence-electron chi connectivity index (χ4n) is 2.25. The van der Waals surface area contributed by atoms with Crippen LogP contribution in [0.15, 0.2) is 59.3 Å². The van der Waals surface area contributed by atoms with Crippen molar-refractivity contribution in [1.29, 1.82) is 0 Å². The first-order chi connectivity index (χ1) is 12.0. The first kappa shape index (κ1) is 17.1. The van der Waals surface area contributed by atoms with Crippen molar-refractivity contribution in [2.75, 3.05) is 10.6 Å². The van der Waals surface area contributed by atoms with Crippen LogP contribution in [0.5, 0.6) is 0 Å². The Morgan fingerprint density at radius 3 is 2.44 bits per heavy atom. The van der Waals surface area contributed by atoms with E-state index < -0.39 is 0 Å². The van der Waals surface area contributed by atoms with E-state index in [0.717, 1.165) is 27.0 Å². The van der Waals surface area contributed by atoms with Gasteiger partial charge in [-0.1, -0.05) is 28.1 Å². The number of hydrogen-bond donors (Lipinski definition) is 2. The standard InChI is InChI=1S/C19H17BrN4O/c1-12-3-4-13(2)16(9-12)24-19(25)17-10-22-18(11-21-17)23-15-7-5-14(20)6-8-15/h3-11H,1-2H3,(H,22,23)(H,24,25). The molecule has 0 bridgehead atoms. The molecule has 0 saturated carbocycles. The summed E-state index contributed by atoms with van der Waals surface area (Å²) in [5.41, 5.74) is 4.03. The number of nitrogens with zero attached hydrogens (tertiary/aromatic N) is 2. The molecule has 5 nitrogen and oxygen atoms in total. The van der Waals surface area contributed by atoms with Gasteiger partial charge in [0.05, 0.1) is 12.4 Å². The van der Waals surface area contributed by atoms with Gasteiger partial charge >= 0.3 is 0 Å². The van der Waals surface area contributed by atoms with E-state index in [4.69, 9.17) is 0 Å². The van der Waals surface area contributed by atoms with Crippen molar-refractivity contribution in [1.82, 2.24) is 9.97 Å². The van der Waals surface area contributed by atoms with E-state index in [2.05, 4.69) is 36.5 Å². The van der Waals surface area contributed by atoms with Gasteiger partial charge in [-0.3, -0.25) is 4.79 Å². The smallest absolute Gasteiger partial charge is 0.275 e. The lowest BCUT2D eigenvalue weighted by atomic mass is 10.1. The summed E-state index contributed by atoms with van der Waals surface area (Å²) in [6.07, 6.45) is 3.00. The molecular weight excluding hydrogens is 380 g/mol. The molecular formula is C19H17BrN4O. The van der Waals surface area contributed by atoms with Gasteiger partial charge in [-0.15, -0.1) is 0 Å². The van der Waals surface area contributed by atoms with Crippen LogP contribution in [0.1, 0.15) is 21.6 Å². The molecule has 6 heteroatoms. The average molecular weight is 397 g/mol. The second-order valence-electron chi connectivity index (χ2n) is 5.69. The molecule has 2 N–H and O–H groups in total. The van der Waals surface area contributed by atoms with E-state index in [1.165, 1.54) is 6.20 Å². The Morgan fingerprint density at radius 1 is 1.00 bits per heavy atom. The lowest BCUT2D eigenvalue weighted by Gasteiger charge is -2.09. The van der Waals surface area contributed by atoms with Gasteiger partial charge in [-0.2, -0.15) is 0 Å². The van der Waals surface area contributed by atoms with Gasteiger partial charge in [0.2, 0.25) is 0 Å². The third-order valence-electron chi connectivity index (χ3n) is 3.64. The molecule has 0 unspecified atom stereocenters. The summed E-state index contributed by atoms with van der Waals surface area (Å²) in [6.45, 7) is 3.93. The number of rotatable bonds is 4. The summed E-state index contributed by atoms with van der Waals surface area (Å²) in [5, 5.41) is 6.01. The Balaban J connectivity index is 1.70. The van der Waals surface area contributed by atoms with Gasteiger partial charge in [0, 0.05) is 15.8 Å². The van der Waals surface area contributed by atoms with Gasteiger partial charge in [-0.05, 0) is 55.3 Å². The van der Waals surface area contributed by atoms with Gasteiger partial charge in [-0.25, -0.2) is 9.97 Å². The molecule has 1 amide bonds. The van der Waals surface area contributed by atoms with Crippen LogP contribution in [-0.2, 0) is 0 Å². The number of hydrogen-bond acceptors (Lipinski definition) is 4. The fourth-order valence-corrected chi connectivity index (χ4v) is 2.51. The highest BCUT2D eigenvalue weighted by atomic mass is 79.9. The minimum absolute atomic E-state index is 0.266. The Hall–Kier alpha value is -2.73. The highest BCUT2D eigenvalue weighted by Crippen LogP contribution is 2.19. The highest BCUT2D eigenvalue weighted by Gasteiger charge is 2.10. The zero-order chi connectivity index (χ0) is 17.8. The maximum absolute atomic E-state index is 12.3. The normalized spacial score (nSPS) is 10.4. The van der Waals surface area contributed by atoms with Crippen molar-refractivity contribution in [3.8, 4) is 0 Å². The fraction of sp³-hybridized carbons (Fsp3) is 0.105. The van der Waals surface area contributed by atoms with E-state index in [1.807, 2.05) is 56.3 Å². The van der Waals surface area contributed by atoms with Gasteiger partial charge < -0.3 is 10.6 Å². The molecule has 0 radical (unpaired) electrons. The van der Waals surface area contributed by atoms with Crippen molar-refractivity contribution in [3.05, 3.63) is 76.2 Å². The number of amides is 1. The molecule has 126 valence electrons. The first-order valence-electron chi connectivity index (χ1n) is 7.74. The van der Waals surface area contributed by atoms with Crippen LogP contribution < -0.4 is 10.6 Å². The van der Waals surface area contributed by atoms with Crippen LogP contribution in [0.4, 0.5) is 17.2 Å². The minimum Gasteiger partial charge on any atom is -0.339 e. The Morgan fingerprint density at radius 2 is 1.76 bits per heavy atom. The topological polar surface area (TPSA) is 66.9 Å². The largest absolute Gasteiger partial charge is 0.339 e. The molecule has 0 spiro atoms. The van der Waals surface area contributed by atoms with Gasteiger partial charge in [0.15, 0.2) is 0 Å². The number of aromatic nitrogens is 2. The molecule has 0 aliphatic heterocycles. The molecule has 0 atom stereocenters. The molecule has 25 heavy (non-hydrogen) atoms. The number of carbonyl (C=O) groups excluding carboxylic acids is 1. The SMILES string of the molecule is Cc1ccc(C)c(NC(=O)c2cnc(Nc3ccc(Br)cc3)cn2)c1. The maximum atomic E-state index is 12.3. The summed E-state index contributed by atoms with van der Waals surface area (Å²) in [6, 6.07) is 13.6. The molecule has 0 aliphatic rings. The molecule has 0 saturated heterocycles. The summed E-state index contributed by atoms with van der Waals surface area (Å²) in [5.74, 6) is 0.294. The number of carbonyl (C=O) groups is 1. The van der Waals surface area contributed by atoms with Gasteiger partial charge in [0.25, 0.3) is 5.91 Å². The molecule has 1 aromatic heterocycles. The second kappa shape index (κ2) is 7.44. The van der Waals surface area contributed by atoms with E-state index in [0.29, 0.717) is 5.82 Å². The van der Waals surface area contributed by atoms with Crippen LogP contribution in [0.3, 0.4) is 0 Å². The monoisotopic (exact) mass is 396 g/mol. The van der Waals surface area contributed by atoms with E-state index >= 15 is 0 Å². The van der Waals surface area contributed by atoms with Crippen molar-refractivity contribution in [2.24, 2.45) is 0 Å². The summed E-state index contributed by atoms with van der Waals surface area (Å²) < 4.78 is 1.00. The summed E-state index contributed by atoms with van der Waals surface area (Å²) in [4.78, 5) is 20.8. The highest BCUT2D eigenvalue weighted by molar-refractivity contribution is 9.10. The van der Waals surface area contributed by atoms with E-state index in [1.54, 1.807) is 6.20 Å². The number of anilines is 3. The molecule has 3 rings (SSSR count). The Kier molecular flexibility index (Phi) is 5.09. The number of benzene rings is 2. The molecule has 0 fully saturated rings. The van der Waals surface area contributed by atoms with Crippen LogP contribution in [0, 0.1) is 13.8 Å². The lowest BCUT2D eigenvalue weighted by Crippen LogP contribution is -2.15. The van der Waals surface area contributed by atoms with Crippen LogP contribution >= 0.6 is 15.9 Å². The zero-order valence-electron chi connectivity index (χ0n) is 13.9. The molecule has 2 aromatic carbocycles. The number of nitrogens with one attached hydrogen (secondary N) is 2.